The van der Waals surface area contributed by atoms with Gasteiger partial charge in [-0.3, -0.25) is 0 Å². The third kappa shape index (κ3) is 9.08. The standard InChI is InChI=1S/C10H19NO2/c1-4-7-10(12)13-9-6-5-8-11(2)3/h4,7H,5-6,8-9H2,1-3H3. The Hall–Kier alpha value is -0.830. The Morgan fingerprint density at radius 3 is 2.62 bits per heavy atom. The van der Waals surface area contributed by atoms with E-state index in [4.69, 9.17) is 4.74 Å². The topological polar surface area (TPSA) is 29.5 Å². The zero-order valence-corrected chi connectivity index (χ0v) is 8.75. The lowest BCUT2D eigenvalue weighted by atomic mass is 10.3. The molecule has 13 heavy (non-hydrogen) atoms. The molecule has 0 saturated heterocycles. The van der Waals surface area contributed by atoms with Crippen molar-refractivity contribution in [3.63, 3.8) is 0 Å². The molecular formula is C10H19NO2. The van der Waals surface area contributed by atoms with E-state index in [1.807, 2.05) is 14.1 Å². The second-order valence-electron chi connectivity index (χ2n) is 3.18. The smallest absolute Gasteiger partial charge is 0.330 e. The molecule has 0 aliphatic heterocycles. The van der Waals surface area contributed by atoms with Crippen LogP contribution in [0.1, 0.15) is 19.8 Å². The summed E-state index contributed by atoms with van der Waals surface area (Å²) in [5, 5.41) is 0. The average Bonchev–Trinajstić information content (AvgIpc) is 2.03. The van der Waals surface area contributed by atoms with Crippen LogP contribution in [0.25, 0.3) is 0 Å². The van der Waals surface area contributed by atoms with Gasteiger partial charge in [0.1, 0.15) is 0 Å². The second kappa shape index (κ2) is 7.80. The number of hydrogen-bond donors (Lipinski definition) is 0. The van der Waals surface area contributed by atoms with Gasteiger partial charge in [-0.25, -0.2) is 4.79 Å². The third-order valence-electron chi connectivity index (χ3n) is 1.55. The fraction of sp³-hybridized carbons (Fsp3) is 0.700. The van der Waals surface area contributed by atoms with Crippen molar-refractivity contribution in [2.45, 2.75) is 19.8 Å². The molecule has 76 valence electrons. The molecule has 0 bridgehead atoms. The molecule has 3 heteroatoms. The van der Waals surface area contributed by atoms with Crippen LogP contribution in [0.2, 0.25) is 0 Å². The van der Waals surface area contributed by atoms with E-state index in [9.17, 15) is 4.79 Å². The molecule has 0 aromatic heterocycles. The van der Waals surface area contributed by atoms with Crippen LogP contribution in [0.3, 0.4) is 0 Å². The molecule has 0 N–H and O–H groups in total. The normalized spacial score (nSPS) is 11.1. The molecule has 0 heterocycles. The molecule has 0 aromatic rings. The minimum absolute atomic E-state index is 0.243. The molecular weight excluding hydrogens is 166 g/mol. The highest BCUT2D eigenvalue weighted by molar-refractivity contribution is 5.81. The Kier molecular flexibility index (Phi) is 7.30. The van der Waals surface area contributed by atoms with Crippen molar-refractivity contribution < 1.29 is 9.53 Å². The van der Waals surface area contributed by atoms with Crippen molar-refractivity contribution >= 4 is 5.97 Å². The summed E-state index contributed by atoms with van der Waals surface area (Å²) in [6.07, 6.45) is 5.12. The van der Waals surface area contributed by atoms with Crippen LogP contribution in [0.4, 0.5) is 0 Å². The monoisotopic (exact) mass is 185 g/mol. The van der Waals surface area contributed by atoms with Gasteiger partial charge in [0.2, 0.25) is 0 Å². The van der Waals surface area contributed by atoms with Crippen LogP contribution in [-0.2, 0) is 9.53 Å². The summed E-state index contributed by atoms with van der Waals surface area (Å²) in [6.45, 7) is 3.37. The van der Waals surface area contributed by atoms with Gasteiger partial charge in [0.05, 0.1) is 6.61 Å². The van der Waals surface area contributed by atoms with Gasteiger partial charge in [0, 0.05) is 6.08 Å². The zero-order chi connectivity index (χ0) is 10.1. The van der Waals surface area contributed by atoms with Crippen molar-refractivity contribution in [3.05, 3.63) is 12.2 Å². The Labute approximate surface area is 80.4 Å². The van der Waals surface area contributed by atoms with Gasteiger partial charge < -0.3 is 9.64 Å². The Balaban J connectivity index is 3.21. The molecule has 0 saturated carbocycles. The van der Waals surface area contributed by atoms with Gasteiger partial charge in [-0.2, -0.15) is 0 Å². The average molecular weight is 185 g/mol. The minimum Gasteiger partial charge on any atom is -0.463 e. The number of carbonyl (C=O) groups is 1. The molecule has 0 radical (unpaired) electrons. The molecule has 0 fully saturated rings. The summed E-state index contributed by atoms with van der Waals surface area (Å²) in [5.41, 5.74) is 0. The van der Waals surface area contributed by atoms with Gasteiger partial charge in [0.15, 0.2) is 0 Å². The van der Waals surface area contributed by atoms with E-state index in [1.54, 1.807) is 13.0 Å². The predicted molar refractivity (Wildman–Crippen MR) is 53.6 cm³/mol. The zero-order valence-electron chi connectivity index (χ0n) is 8.75. The summed E-state index contributed by atoms with van der Waals surface area (Å²) in [7, 11) is 4.07. The van der Waals surface area contributed by atoms with Crippen molar-refractivity contribution in [3.8, 4) is 0 Å². The van der Waals surface area contributed by atoms with E-state index >= 15 is 0 Å². The van der Waals surface area contributed by atoms with Crippen LogP contribution in [0, 0.1) is 0 Å². The van der Waals surface area contributed by atoms with Crippen LogP contribution in [0.5, 0.6) is 0 Å². The highest BCUT2D eigenvalue weighted by atomic mass is 16.5. The van der Waals surface area contributed by atoms with Gasteiger partial charge in [-0.1, -0.05) is 6.08 Å². The van der Waals surface area contributed by atoms with Crippen molar-refractivity contribution in [1.29, 1.82) is 0 Å². The van der Waals surface area contributed by atoms with E-state index in [0.717, 1.165) is 19.4 Å². The number of hydrogen-bond acceptors (Lipinski definition) is 3. The molecule has 0 unspecified atom stereocenters. The second-order valence-corrected chi connectivity index (χ2v) is 3.18. The van der Waals surface area contributed by atoms with E-state index in [-0.39, 0.29) is 5.97 Å². The third-order valence-corrected chi connectivity index (χ3v) is 1.55. The molecule has 0 aliphatic rings. The van der Waals surface area contributed by atoms with Crippen LogP contribution in [-0.4, -0.2) is 38.1 Å². The van der Waals surface area contributed by atoms with E-state index < -0.39 is 0 Å². The van der Waals surface area contributed by atoms with Gasteiger partial charge in [0.25, 0.3) is 0 Å². The molecule has 0 spiro atoms. The van der Waals surface area contributed by atoms with Crippen LogP contribution in [0.15, 0.2) is 12.2 Å². The van der Waals surface area contributed by atoms with E-state index in [2.05, 4.69) is 4.90 Å². The van der Waals surface area contributed by atoms with E-state index in [0.29, 0.717) is 6.61 Å². The summed E-state index contributed by atoms with van der Waals surface area (Å²) >= 11 is 0. The summed E-state index contributed by atoms with van der Waals surface area (Å²) in [5.74, 6) is -0.243. The number of rotatable bonds is 6. The lowest BCUT2D eigenvalue weighted by Crippen LogP contribution is -2.13. The van der Waals surface area contributed by atoms with Gasteiger partial charge in [-0.05, 0) is 40.4 Å². The lowest BCUT2D eigenvalue weighted by molar-refractivity contribution is -0.137. The summed E-state index contributed by atoms with van der Waals surface area (Å²) in [4.78, 5) is 12.9. The molecule has 0 atom stereocenters. The van der Waals surface area contributed by atoms with Crippen LogP contribution < -0.4 is 0 Å². The Bertz CT molecular complexity index is 164. The minimum atomic E-state index is -0.243. The fourth-order valence-electron chi connectivity index (χ4n) is 0.887. The van der Waals surface area contributed by atoms with Crippen molar-refractivity contribution in [1.82, 2.24) is 4.90 Å². The van der Waals surface area contributed by atoms with Gasteiger partial charge >= 0.3 is 5.97 Å². The largest absolute Gasteiger partial charge is 0.463 e. The summed E-state index contributed by atoms with van der Waals surface area (Å²) < 4.78 is 4.92. The van der Waals surface area contributed by atoms with E-state index in [1.165, 1.54) is 6.08 Å². The van der Waals surface area contributed by atoms with Crippen molar-refractivity contribution in [2.24, 2.45) is 0 Å². The number of carbonyl (C=O) groups excluding carboxylic acids is 1. The fourth-order valence-corrected chi connectivity index (χ4v) is 0.887. The highest BCUT2D eigenvalue weighted by Gasteiger charge is 1.95. The first kappa shape index (κ1) is 12.2. The SMILES string of the molecule is CC=CC(=O)OCCCCN(C)C. The predicted octanol–water partition coefficient (Wildman–Crippen LogP) is 1.45. The number of esters is 1. The maximum absolute atomic E-state index is 10.8. The Morgan fingerprint density at radius 2 is 2.08 bits per heavy atom. The first-order chi connectivity index (χ1) is 6.16. The quantitative estimate of drug-likeness (QED) is 0.356. The highest BCUT2D eigenvalue weighted by Crippen LogP contribution is 1.92. The maximum Gasteiger partial charge on any atom is 0.330 e. The molecule has 0 aromatic carbocycles. The molecule has 0 rings (SSSR count). The van der Waals surface area contributed by atoms with Gasteiger partial charge in [-0.15, -0.1) is 0 Å². The first-order valence-corrected chi connectivity index (χ1v) is 4.61. The van der Waals surface area contributed by atoms with Crippen LogP contribution >= 0.6 is 0 Å². The number of nitrogens with zero attached hydrogens (tertiary/aromatic N) is 1. The maximum atomic E-state index is 10.8. The first-order valence-electron chi connectivity index (χ1n) is 4.61. The number of ether oxygens (including phenoxy) is 1. The Morgan fingerprint density at radius 1 is 1.38 bits per heavy atom. The number of allylic oxidation sites excluding steroid dienone is 1. The molecule has 0 aliphatic carbocycles. The summed E-state index contributed by atoms with van der Waals surface area (Å²) in [6, 6.07) is 0. The molecule has 0 amide bonds. The number of unbranched alkanes of at least 4 members (excludes halogenated alkanes) is 1. The molecule has 3 nitrogen and oxygen atoms in total. The lowest BCUT2D eigenvalue weighted by Gasteiger charge is -2.08. The van der Waals surface area contributed by atoms with Crippen molar-refractivity contribution in [2.75, 3.05) is 27.2 Å².